The molecule has 1 N–H and O–H groups in total. The number of hydrogen-bond donors (Lipinski definition) is 1. The van der Waals surface area contributed by atoms with Gasteiger partial charge in [0.2, 0.25) is 0 Å². The van der Waals surface area contributed by atoms with Crippen molar-refractivity contribution in [3.8, 4) is 5.69 Å². The number of halogens is 1. The average molecular weight is 409 g/mol. The maximum atomic E-state index is 13.4. The highest BCUT2D eigenvalue weighted by Gasteiger charge is 2.42. The van der Waals surface area contributed by atoms with Gasteiger partial charge in [0.05, 0.1) is 17.8 Å². The van der Waals surface area contributed by atoms with E-state index in [0.717, 1.165) is 27.9 Å². The summed E-state index contributed by atoms with van der Waals surface area (Å²) in [5.74, 6) is -0.233. The van der Waals surface area contributed by atoms with Gasteiger partial charge in [-0.3, -0.25) is 4.98 Å². The lowest BCUT2D eigenvalue weighted by atomic mass is 9.96. The van der Waals surface area contributed by atoms with Crippen LogP contribution >= 0.6 is 12.2 Å². The highest BCUT2D eigenvalue weighted by Crippen LogP contribution is 2.42. The molecule has 0 spiro atoms. The Balaban J connectivity index is 1.85. The summed E-state index contributed by atoms with van der Waals surface area (Å²) in [7, 11) is 0. The van der Waals surface area contributed by atoms with Crippen molar-refractivity contribution < 1.29 is 4.39 Å². The second kappa shape index (κ2) is 7.59. The van der Waals surface area contributed by atoms with E-state index in [1.54, 1.807) is 0 Å². The molecule has 150 valence electrons. The molecule has 0 radical (unpaired) electrons. The Bertz CT molecular complexity index is 1030. The molecule has 0 unspecified atom stereocenters. The predicted octanol–water partition coefficient (Wildman–Crippen LogP) is 5.01. The van der Waals surface area contributed by atoms with Crippen LogP contribution in [0.3, 0.4) is 0 Å². The number of aryl methyl sites for hydroxylation is 1. The van der Waals surface area contributed by atoms with Crippen LogP contribution in [-0.4, -0.2) is 25.6 Å². The van der Waals surface area contributed by atoms with Crippen molar-refractivity contribution in [2.75, 3.05) is 0 Å². The van der Waals surface area contributed by atoms with Crippen LogP contribution in [0.4, 0.5) is 4.39 Å². The summed E-state index contributed by atoms with van der Waals surface area (Å²) in [5.41, 5.74) is 5.34. The maximum absolute atomic E-state index is 13.4. The molecule has 0 saturated carbocycles. The lowest BCUT2D eigenvalue weighted by molar-refractivity contribution is 0.269. The van der Waals surface area contributed by atoms with E-state index in [9.17, 15) is 4.39 Å². The summed E-state index contributed by atoms with van der Waals surface area (Å²) in [4.78, 5) is 6.85. The van der Waals surface area contributed by atoms with Gasteiger partial charge < -0.3 is 14.8 Å². The molecule has 4 nitrogen and oxygen atoms in total. The number of nitrogens with one attached hydrogen (secondary N) is 1. The molecular formula is C23H25FN4S. The van der Waals surface area contributed by atoms with E-state index in [1.165, 1.54) is 17.7 Å². The standard InChI is InChI=1S/C23H25FN4S/c1-14(2)27-22(21(26-23(27)29)20-7-5-6-12-25-20)19-13-15(3)28(16(19)4)18-10-8-17(24)9-11-18/h5-14,21-22H,1-4H3,(H,26,29)/t21-,22-/m1/s1. The van der Waals surface area contributed by atoms with Crippen LogP contribution in [-0.2, 0) is 0 Å². The zero-order valence-corrected chi connectivity index (χ0v) is 17.9. The summed E-state index contributed by atoms with van der Waals surface area (Å²) in [6, 6.07) is 15.0. The Morgan fingerprint density at radius 2 is 1.83 bits per heavy atom. The molecular weight excluding hydrogens is 383 g/mol. The first-order chi connectivity index (χ1) is 13.9. The molecule has 6 heteroatoms. The van der Waals surface area contributed by atoms with Gasteiger partial charge >= 0.3 is 0 Å². The molecule has 2 atom stereocenters. The monoisotopic (exact) mass is 408 g/mol. The molecule has 29 heavy (non-hydrogen) atoms. The molecule has 1 aliphatic heterocycles. The van der Waals surface area contributed by atoms with E-state index >= 15 is 0 Å². The third kappa shape index (κ3) is 3.42. The van der Waals surface area contributed by atoms with Gasteiger partial charge in [-0.1, -0.05) is 6.07 Å². The minimum atomic E-state index is -0.233. The van der Waals surface area contributed by atoms with E-state index in [1.807, 2.05) is 36.5 Å². The van der Waals surface area contributed by atoms with Crippen molar-refractivity contribution in [2.24, 2.45) is 0 Å². The van der Waals surface area contributed by atoms with Crippen molar-refractivity contribution in [3.05, 3.63) is 83.2 Å². The van der Waals surface area contributed by atoms with Crippen LogP contribution in [0.5, 0.6) is 0 Å². The molecule has 0 amide bonds. The van der Waals surface area contributed by atoms with E-state index < -0.39 is 0 Å². The van der Waals surface area contributed by atoms with Crippen LogP contribution < -0.4 is 5.32 Å². The fourth-order valence-corrected chi connectivity index (χ4v) is 4.78. The van der Waals surface area contributed by atoms with Crippen LogP contribution in [0.15, 0.2) is 54.7 Å². The van der Waals surface area contributed by atoms with Gasteiger partial charge in [-0.05, 0) is 87.9 Å². The maximum Gasteiger partial charge on any atom is 0.170 e. The third-order valence-electron chi connectivity index (χ3n) is 5.57. The molecule has 3 aromatic rings. The van der Waals surface area contributed by atoms with Gasteiger partial charge in [0, 0.05) is 29.3 Å². The van der Waals surface area contributed by atoms with Crippen molar-refractivity contribution >= 4 is 17.3 Å². The molecule has 1 aliphatic rings. The summed E-state index contributed by atoms with van der Waals surface area (Å²) in [6.45, 7) is 8.50. The summed E-state index contributed by atoms with van der Waals surface area (Å²) in [5, 5.41) is 4.23. The first-order valence-corrected chi connectivity index (χ1v) is 10.2. The SMILES string of the molecule is Cc1cc([C@@H]2[C@@H](c3ccccn3)NC(=S)N2C(C)C)c(C)n1-c1ccc(F)cc1. The highest BCUT2D eigenvalue weighted by molar-refractivity contribution is 7.80. The Kier molecular flexibility index (Phi) is 5.13. The van der Waals surface area contributed by atoms with Crippen LogP contribution in [0.1, 0.15) is 48.6 Å². The Morgan fingerprint density at radius 1 is 1.10 bits per heavy atom. The Labute approximate surface area is 176 Å². The van der Waals surface area contributed by atoms with Gasteiger partial charge in [-0.25, -0.2) is 4.39 Å². The van der Waals surface area contributed by atoms with Crippen LogP contribution in [0.25, 0.3) is 5.69 Å². The largest absolute Gasteiger partial charge is 0.352 e. The van der Waals surface area contributed by atoms with Crippen molar-refractivity contribution in [1.29, 1.82) is 0 Å². The Hall–Kier alpha value is -2.73. The molecule has 4 rings (SSSR count). The number of thiocarbonyl (C=S) groups is 1. The van der Waals surface area contributed by atoms with E-state index in [-0.39, 0.29) is 23.9 Å². The highest BCUT2D eigenvalue weighted by atomic mass is 32.1. The summed E-state index contributed by atoms with van der Waals surface area (Å²) >= 11 is 5.70. The van der Waals surface area contributed by atoms with Gasteiger partial charge in [0.15, 0.2) is 5.11 Å². The van der Waals surface area contributed by atoms with E-state index in [4.69, 9.17) is 12.2 Å². The predicted molar refractivity (Wildman–Crippen MR) is 118 cm³/mol. The number of pyridine rings is 1. The van der Waals surface area contributed by atoms with Crippen molar-refractivity contribution in [2.45, 2.75) is 45.8 Å². The number of hydrogen-bond acceptors (Lipinski definition) is 2. The van der Waals surface area contributed by atoms with Crippen LogP contribution in [0, 0.1) is 19.7 Å². The topological polar surface area (TPSA) is 33.1 Å². The van der Waals surface area contributed by atoms with Crippen molar-refractivity contribution in [1.82, 2.24) is 19.8 Å². The number of rotatable bonds is 4. The molecule has 1 fully saturated rings. The first kappa shape index (κ1) is 19.6. The number of nitrogens with zero attached hydrogens (tertiary/aromatic N) is 3. The second-order valence-electron chi connectivity index (χ2n) is 7.77. The molecule has 0 aliphatic carbocycles. The van der Waals surface area contributed by atoms with Crippen molar-refractivity contribution in [3.63, 3.8) is 0 Å². The zero-order chi connectivity index (χ0) is 20.7. The minimum Gasteiger partial charge on any atom is -0.352 e. The van der Waals surface area contributed by atoms with Gasteiger partial charge in [0.1, 0.15) is 5.82 Å². The normalized spacial score (nSPS) is 19.1. The van der Waals surface area contributed by atoms with Gasteiger partial charge in [-0.2, -0.15) is 0 Å². The molecule has 1 saturated heterocycles. The quantitative estimate of drug-likeness (QED) is 0.615. The molecule has 0 bridgehead atoms. The fourth-order valence-electron chi connectivity index (χ4n) is 4.33. The lowest BCUT2D eigenvalue weighted by Crippen LogP contribution is -2.35. The van der Waals surface area contributed by atoms with E-state index in [2.05, 4.69) is 53.5 Å². The van der Waals surface area contributed by atoms with Gasteiger partial charge in [0.25, 0.3) is 0 Å². The summed E-state index contributed by atoms with van der Waals surface area (Å²) < 4.78 is 15.6. The zero-order valence-electron chi connectivity index (χ0n) is 17.1. The third-order valence-corrected chi connectivity index (χ3v) is 5.89. The second-order valence-corrected chi connectivity index (χ2v) is 8.15. The lowest BCUT2D eigenvalue weighted by Gasteiger charge is -2.31. The summed E-state index contributed by atoms with van der Waals surface area (Å²) in [6.07, 6.45) is 1.82. The Morgan fingerprint density at radius 3 is 2.45 bits per heavy atom. The first-order valence-electron chi connectivity index (χ1n) is 9.83. The molecule has 1 aromatic carbocycles. The van der Waals surface area contributed by atoms with Crippen LogP contribution in [0.2, 0.25) is 0 Å². The number of benzene rings is 1. The van der Waals surface area contributed by atoms with E-state index in [0.29, 0.717) is 0 Å². The minimum absolute atomic E-state index is 0.0257. The number of aromatic nitrogens is 2. The van der Waals surface area contributed by atoms with Gasteiger partial charge in [-0.15, -0.1) is 0 Å². The molecule has 3 heterocycles. The average Bonchev–Trinajstić information content (AvgIpc) is 3.19. The fraction of sp³-hybridized carbons (Fsp3) is 0.304. The smallest absolute Gasteiger partial charge is 0.170 e. The molecule has 2 aromatic heterocycles.